The summed E-state index contributed by atoms with van der Waals surface area (Å²) in [6, 6.07) is 0. The van der Waals surface area contributed by atoms with Crippen LogP contribution in [0.5, 0.6) is 0 Å². The molecule has 1 heteroatoms. The number of hydrogen-bond acceptors (Lipinski definition) is 1. The van der Waals surface area contributed by atoms with Crippen molar-refractivity contribution in [1.82, 2.24) is 0 Å². The van der Waals surface area contributed by atoms with Crippen LogP contribution in [0, 0.1) is 12.3 Å². The maximum Gasteiger partial charge on any atom is 0.0143 e. The van der Waals surface area contributed by atoms with E-state index in [1.54, 1.807) is 6.08 Å². The standard InChI is InChI=1S/C6H9N/c1-3-4-6(2)5-7/h1,4H,5,7H2,2H3/b6-4+. The van der Waals surface area contributed by atoms with E-state index in [1.807, 2.05) is 6.92 Å². The van der Waals surface area contributed by atoms with Gasteiger partial charge in [-0.25, -0.2) is 0 Å². The Labute approximate surface area is 44.2 Å². The number of terminal acetylenes is 1. The first-order valence-electron chi connectivity index (χ1n) is 2.13. The summed E-state index contributed by atoms with van der Waals surface area (Å²) in [6.07, 6.45) is 6.59. The van der Waals surface area contributed by atoms with Gasteiger partial charge in [0.1, 0.15) is 0 Å². The molecule has 0 saturated heterocycles. The molecule has 0 radical (unpaired) electrons. The monoisotopic (exact) mass is 95.1 g/mol. The fourth-order valence-electron chi connectivity index (χ4n) is 0.201. The molecule has 0 aromatic heterocycles. The van der Waals surface area contributed by atoms with Crippen molar-refractivity contribution in [1.29, 1.82) is 0 Å². The van der Waals surface area contributed by atoms with Gasteiger partial charge in [-0.15, -0.1) is 6.42 Å². The van der Waals surface area contributed by atoms with Gasteiger partial charge >= 0.3 is 0 Å². The molecule has 0 atom stereocenters. The molecular weight excluding hydrogens is 86.1 g/mol. The summed E-state index contributed by atoms with van der Waals surface area (Å²) in [6.45, 7) is 2.46. The summed E-state index contributed by atoms with van der Waals surface area (Å²) in [4.78, 5) is 0. The summed E-state index contributed by atoms with van der Waals surface area (Å²) >= 11 is 0. The topological polar surface area (TPSA) is 26.0 Å². The van der Waals surface area contributed by atoms with Crippen LogP contribution in [0.1, 0.15) is 6.92 Å². The van der Waals surface area contributed by atoms with Crippen LogP contribution in [-0.4, -0.2) is 6.54 Å². The fraction of sp³-hybridized carbons (Fsp3) is 0.333. The highest BCUT2D eigenvalue weighted by Crippen LogP contribution is 1.82. The highest BCUT2D eigenvalue weighted by Gasteiger charge is 1.75. The molecule has 0 aromatic rings. The Hall–Kier alpha value is -0.740. The lowest BCUT2D eigenvalue weighted by Gasteiger charge is -1.85. The molecule has 0 bridgehead atoms. The molecular formula is C6H9N. The lowest BCUT2D eigenvalue weighted by molar-refractivity contribution is 1.14. The quantitative estimate of drug-likeness (QED) is 0.472. The Morgan fingerprint density at radius 1 is 2.00 bits per heavy atom. The van der Waals surface area contributed by atoms with Crippen molar-refractivity contribution in [3.05, 3.63) is 11.6 Å². The molecule has 1 nitrogen and oxygen atoms in total. The molecule has 0 saturated carbocycles. The largest absolute Gasteiger partial charge is 0.327 e. The van der Waals surface area contributed by atoms with E-state index < -0.39 is 0 Å². The molecule has 0 heterocycles. The van der Waals surface area contributed by atoms with Crippen molar-refractivity contribution in [3.63, 3.8) is 0 Å². The molecule has 0 aliphatic rings. The molecule has 0 aromatic carbocycles. The highest BCUT2D eigenvalue weighted by atomic mass is 14.5. The second-order valence-corrected chi connectivity index (χ2v) is 1.36. The van der Waals surface area contributed by atoms with Gasteiger partial charge in [-0.05, 0) is 13.0 Å². The number of hydrogen-bond donors (Lipinski definition) is 1. The lowest BCUT2D eigenvalue weighted by Crippen LogP contribution is -1.98. The average molecular weight is 95.1 g/mol. The fourth-order valence-corrected chi connectivity index (χ4v) is 0.201. The van der Waals surface area contributed by atoms with Gasteiger partial charge in [-0.2, -0.15) is 0 Å². The summed E-state index contributed by atoms with van der Waals surface area (Å²) in [5.41, 5.74) is 6.24. The van der Waals surface area contributed by atoms with Crippen LogP contribution in [0.3, 0.4) is 0 Å². The predicted octanol–water partition coefficient (Wildman–Crippen LogP) is 0.525. The molecule has 0 unspecified atom stereocenters. The maximum absolute atomic E-state index is 5.19. The van der Waals surface area contributed by atoms with Crippen molar-refractivity contribution in [2.45, 2.75) is 6.92 Å². The van der Waals surface area contributed by atoms with Gasteiger partial charge < -0.3 is 5.73 Å². The molecule has 2 N–H and O–H groups in total. The molecule has 0 spiro atoms. The van der Waals surface area contributed by atoms with Gasteiger partial charge in [-0.3, -0.25) is 0 Å². The smallest absolute Gasteiger partial charge is 0.0143 e. The van der Waals surface area contributed by atoms with Crippen LogP contribution in [0.15, 0.2) is 11.6 Å². The van der Waals surface area contributed by atoms with Gasteiger partial charge in [0.25, 0.3) is 0 Å². The second kappa shape index (κ2) is 3.45. The van der Waals surface area contributed by atoms with Crippen molar-refractivity contribution < 1.29 is 0 Å². The van der Waals surface area contributed by atoms with Crippen LogP contribution in [0.25, 0.3) is 0 Å². The van der Waals surface area contributed by atoms with Gasteiger partial charge in [0.05, 0.1) is 0 Å². The van der Waals surface area contributed by atoms with E-state index in [-0.39, 0.29) is 0 Å². The zero-order chi connectivity index (χ0) is 5.70. The van der Waals surface area contributed by atoms with Gasteiger partial charge in [0.15, 0.2) is 0 Å². The van der Waals surface area contributed by atoms with Crippen molar-refractivity contribution >= 4 is 0 Å². The Balaban J connectivity index is 3.56. The Morgan fingerprint density at radius 2 is 2.57 bits per heavy atom. The van der Waals surface area contributed by atoms with Crippen LogP contribution in [-0.2, 0) is 0 Å². The van der Waals surface area contributed by atoms with Gasteiger partial charge in [0.2, 0.25) is 0 Å². The zero-order valence-corrected chi connectivity index (χ0v) is 4.44. The van der Waals surface area contributed by atoms with Crippen LogP contribution < -0.4 is 5.73 Å². The molecule has 38 valence electrons. The van der Waals surface area contributed by atoms with Crippen LogP contribution in [0.2, 0.25) is 0 Å². The van der Waals surface area contributed by atoms with Crippen molar-refractivity contribution in [3.8, 4) is 12.3 Å². The minimum atomic E-state index is 0.560. The minimum Gasteiger partial charge on any atom is -0.327 e. The minimum absolute atomic E-state index is 0.560. The molecule has 0 rings (SSSR count). The molecule has 0 aliphatic carbocycles. The van der Waals surface area contributed by atoms with E-state index in [9.17, 15) is 0 Å². The summed E-state index contributed by atoms with van der Waals surface area (Å²) in [7, 11) is 0. The Morgan fingerprint density at radius 3 is 2.71 bits per heavy atom. The SMILES string of the molecule is C#C/C=C(\C)CN. The Bertz CT molecular complexity index is 106. The third-order valence-electron chi connectivity index (χ3n) is 0.652. The third-order valence-corrected chi connectivity index (χ3v) is 0.652. The molecule has 0 fully saturated rings. The van der Waals surface area contributed by atoms with Crippen molar-refractivity contribution in [2.24, 2.45) is 5.73 Å². The number of rotatable bonds is 1. The first-order chi connectivity index (χ1) is 3.31. The van der Waals surface area contributed by atoms with Crippen molar-refractivity contribution in [2.75, 3.05) is 6.54 Å². The van der Waals surface area contributed by atoms with Crippen LogP contribution in [0.4, 0.5) is 0 Å². The van der Waals surface area contributed by atoms with E-state index in [0.29, 0.717) is 6.54 Å². The lowest BCUT2D eigenvalue weighted by atomic mass is 10.3. The van der Waals surface area contributed by atoms with E-state index in [2.05, 4.69) is 5.92 Å². The highest BCUT2D eigenvalue weighted by molar-refractivity contribution is 5.16. The molecule has 7 heavy (non-hydrogen) atoms. The number of allylic oxidation sites excluding steroid dienone is 1. The number of nitrogens with two attached hydrogens (primary N) is 1. The second-order valence-electron chi connectivity index (χ2n) is 1.36. The Kier molecular flexibility index (Phi) is 3.09. The first kappa shape index (κ1) is 6.26. The predicted molar refractivity (Wildman–Crippen MR) is 31.6 cm³/mol. The molecule has 0 aliphatic heterocycles. The maximum atomic E-state index is 5.19. The normalized spacial score (nSPS) is 10.7. The first-order valence-corrected chi connectivity index (χ1v) is 2.13. The van der Waals surface area contributed by atoms with E-state index >= 15 is 0 Å². The summed E-state index contributed by atoms with van der Waals surface area (Å²) in [5, 5.41) is 0. The average Bonchev–Trinajstić information content (AvgIpc) is 1.68. The van der Waals surface area contributed by atoms with Crippen LogP contribution >= 0.6 is 0 Å². The van der Waals surface area contributed by atoms with Gasteiger partial charge in [-0.1, -0.05) is 11.5 Å². The van der Waals surface area contributed by atoms with E-state index in [4.69, 9.17) is 12.2 Å². The van der Waals surface area contributed by atoms with E-state index in [1.165, 1.54) is 0 Å². The summed E-state index contributed by atoms with van der Waals surface area (Å²) in [5.74, 6) is 2.38. The molecule has 0 amide bonds. The van der Waals surface area contributed by atoms with Gasteiger partial charge in [0, 0.05) is 6.54 Å². The third kappa shape index (κ3) is 3.08. The zero-order valence-electron chi connectivity index (χ0n) is 4.44. The van der Waals surface area contributed by atoms with E-state index in [0.717, 1.165) is 5.57 Å². The summed E-state index contributed by atoms with van der Waals surface area (Å²) < 4.78 is 0.